The van der Waals surface area contributed by atoms with Gasteiger partial charge in [0.2, 0.25) is 0 Å². The molecule has 0 radical (unpaired) electrons. The predicted octanol–water partition coefficient (Wildman–Crippen LogP) is 2.77. The van der Waals surface area contributed by atoms with Gasteiger partial charge in [-0.05, 0) is 37.3 Å². The minimum Gasteiger partial charge on any atom is -0.389 e. The van der Waals surface area contributed by atoms with Gasteiger partial charge >= 0.3 is 0 Å². The topological polar surface area (TPSA) is 20.2 Å². The standard InChI is InChI=1S/C10H14OS/c1-7-4-5-9(8(2)11)6-10(7)12-3/h4-6,8,11H,1-3H3. The molecule has 0 bridgehead atoms. The molecule has 1 unspecified atom stereocenters. The highest BCUT2D eigenvalue weighted by Crippen LogP contribution is 2.23. The lowest BCUT2D eigenvalue weighted by Gasteiger charge is -2.08. The third-order valence-corrected chi connectivity index (χ3v) is 2.79. The highest BCUT2D eigenvalue weighted by molar-refractivity contribution is 7.98. The maximum absolute atomic E-state index is 9.33. The van der Waals surface area contributed by atoms with E-state index < -0.39 is 0 Å². The second-order valence-electron chi connectivity index (χ2n) is 2.91. The van der Waals surface area contributed by atoms with Crippen molar-refractivity contribution in [3.8, 4) is 0 Å². The van der Waals surface area contributed by atoms with E-state index >= 15 is 0 Å². The molecule has 1 atom stereocenters. The van der Waals surface area contributed by atoms with Gasteiger partial charge in [-0.25, -0.2) is 0 Å². The van der Waals surface area contributed by atoms with Crippen molar-refractivity contribution < 1.29 is 5.11 Å². The summed E-state index contributed by atoms with van der Waals surface area (Å²) in [7, 11) is 0. The minimum absolute atomic E-state index is 0.364. The van der Waals surface area contributed by atoms with E-state index in [1.807, 2.05) is 24.5 Å². The molecule has 2 heteroatoms. The number of rotatable bonds is 2. The molecule has 0 saturated carbocycles. The molecular formula is C10H14OS. The summed E-state index contributed by atoms with van der Waals surface area (Å²) in [6.45, 7) is 3.87. The number of benzene rings is 1. The van der Waals surface area contributed by atoms with Crippen LogP contribution in [0.5, 0.6) is 0 Å². The van der Waals surface area contributed by atoms with Crippen LogP contribution in [0, 0.1) is 6.92 Å². The zero-order chi connectivity index (χ0) is 9.14. The Morgan fingerprint density at radius 1 is 1.42 bits per heavy atom. The minimum atomic E-state index is -0.364. The fourth-order valence-electron chi connectivity index (χ4n) is 1.10. The summed E-state index contributed by atoms with van der Waals surface area (Å²) >= 11 is 1.72. The predicted molar refractivity (Wildman–Crippen MR) is 53.6 cm³/mol. The van der Waals surface area contributed by atoms with E-state index in [-0.39, 0.29) is 6.10 Å². The summed E-state index contributed by atoms with van der Waals surface area (Å²) < 4.78 is 0. The normalized spacial score (nSPS) is 13.0. The first-order chi connectivity index (χ1) is 5.65. The molecule has 66 valence electrons. The largest absolute Gasteiger partial charge is 0.389 e. The Morgan fingerprint density at radius 3 is 2.58 bits per heavy atom. The van der Waals surface area contributed by atoms with Gasteiger partial charge in [0.15, 0.2) is 0 Å². The first kappa shape index (κ1) is 9.62. The summed E-state index contributed by atoms with van der Waals surface area (Å²) in [5, 5.41) is 9.33. The lowest BCUT2D eigenvalue weighted by atomic mass is 10.1. The van der Waals surface area contributed by atoms with E-state index in [0.717, 1.165) is 5.56 Å². The van der Waals surface area contributed by atoms with E-state index in [0.29, 0.717) is 0 Å². The number of hydrogen-bond donors (Lipinski definition) is 1. The van der Waals surface area contributed by atoms with Gasteiger partial charge in [0.25, 0.3) is 0 Å². The van der Waals surface area contributed by atoms with Gasteiger partial charge in [-0.1, -0.05) is 12.1 Å². The van der Waals surface area contributed by atoms with Gasteiger partial charge in [0.05, 0.1) is 6.10 Å². The van der Waals surface area contributed by atoms with Crippen LogP contribution in [0.25, 0.3) is 0 Å². The van der Waals surface area contributed by atoms with Crippen molar-refractivity contribution in [3.63, 3.8) is 0 Å². The Bertz CT molecular complexity index is 269. The summed E-state index contributed by atoms with van der Waals surface area (Å²) in [6, 6.07) is 6.07. The second kappa shape index (κ2) is 3.97. The average molecular weight is 182 g/mol. The first-order valence-electron chi connectivity index (χ1n) is 3.97. The number of aliphatic hydroxyl groups excluding tert-OH is 1. The van der Waals surface area contributed by atoms with Gasteiger partial charge < -0.3 is 5.11 Å². The van der Waals surface area contributed by atoms with E-state index in [2.05, 4.69) is 6.92 Å². The van der Waals surface area contributed by atoms with Crippen LogP contribution < -0.4 is 0 Å². The molecule has 1 N–H and O–H groups in total. The highest BCUT2D eigenvalue weighted by Gasteiger charge is 2.02. The SMILES string of the molecule is CSc1cc(C(C)O)ccc1C. The van der Waals surface area contributed by atoms with Crippen LogP contribution in [-0.4, -0.2) is 11.4 Å². The quantitative estimate of drug-likeness (QED) is 0.710. The fraction of sp³-hybridized carbons (Fsp3) is 0.400. The van der Waals surface area contributed by atoms with Crippen LogP contribution in [0.3, 0.4) is 0 Å². The molecule has 0 aliphatic carbocycles. The van der Waals surface area contributed by atoms with Crippen molar-refractivity contribution in [1.29, 1.82) is 0 Å². The van der Waals surface area contributed by atoms with Crippen LogP contribution in [0.1, 0.15) is 24.2 Å². The van der Waals surface area contributed by atoms with Crippen LogP contribution in [0.4, 0.5) is 0 Å². The first-order valence-corrected chi connectivity index (χ1v) is 5.20. The van der Waals surface area contributed by atoms with Gasteiger partial charge in [0, 0.05) is 4.90 Å². The number of aliphatic hydroxyl groups is 1. The molecule has 12 heavy (non-hydrogen) atoms. The van der Waals surface area contributed by atoms with E-state index in [1.165, 1.54) is 10.5 Å². The van der Waals surface area contributed by atoms with Crippen molar-refractivity contribution in [1.82, 2.24) is 0 Å². The van der Waals surface area contributed by atoms with Gasteiger partial charge in [0.1, 0.15) is 0 Å². The molecule has 0 amide bonds. The molecule has 0 heterocycles. The molecule has 0 aliphatic rings. The fourth-order valence-corrected chi connectivity index (χ4v) is 1.74. The third kappa shape index (κ3) is 2.02. The second-order valence-corrected chi connectivity index (χ2v) is 3.75. The van der Waals surface area contributed by atoms with Crippen LogP contribution in [-0.2, 0) is 0 Å². The van der Waals surface area contributed by atoms with Gasteiger partial charge in [-0.3, -0.25) is 0 Å². The molecular weight excluding hydrogens is 168 g/mol. The average Bonchev–Trinajstić information content (AvgIpc) is 2.05. The maximum Gasteiger partial charge on any atom is 0.0762 e. The summed E-state index contributed by atoms with van der Waals surface area (Å²) in [5.41, 5.74) is 2.26. The van der Waals surface area contributed by atoms with E-state index in [9.17, 15) is 5.11 Å². The zero-order valence-corrected chi connectivity index (χ0v) is 8.48. The van der Waals surface area contributed by atoms with Crippen LogP contribution in [0.2, 0.25) is 0 Å². The molecule has 0 saturated heterocycles. The molecule has 1 aromatic rings. The van der Waals surface area contributed by atoms with Gasteiger partial charge in [-0.2, -0.15) is 0 Å². The van der Waals surface area contributed by atoms with Crippen molar-refractivity contribution in [2.45, 2.75) is 24.8 Å². The summed E-state index contributed by atoms with van der Waals surface area (Å²) in [6.07, 6.45) is 1.69. The molecule has 1 nitrogen and oxygen atoms in total. The number of hydrogen-bond acceptors (Lipinski definition) is 2. The van der Waals surface area contributed by atoms with Crippen molar-refractivity contribution >= 4 is 11.8 Å². The van der Waals surface area contributed by atoms with E-state index in [1.54, 1.807) is 18.7 Å². The van der Waals surface area contributed by atoms with Crippen molar-refractivity contribution in [2.24, 2.45) is 0 Å². The molecule has 0 aliphatic heterocycles. The molecule has 0 spiro atoms. The van der Waals surface area contributed by atoms with Crippen LogP contribution >= 0.6 is 11.8 Å². The number of aryl methyl sites for hydroxylation is 1. The highest BCUT2D eigenvalue weighted by atomic mass is 32.2. The van der Waals surface area contributed by atoms with E-state index in [4.69, 9.17) is 0 Å². The number of thioether (sulfide) groups is 1. The van der Waals surface area contributed by atoms with Crippen molar-refractivity contribution in [2.75, 3.05) is 6.26 Å². The third-order valence-electron chi connectivity index (χ3n) is 1.91. The van der Waals surface area contributed by atoms with Crippen LogP contribution in [0.15, 0.2) is 23.1 Å². The summed E-state index contributed by atoms with van der Waals surface area (Å²) in [5.74, 6) is 0. The Hall–Kier alpha value is -0.470. The molecule has 1 rings (SSSR count). The molecule has 0 fully saturated rings. The Labute approximate surface area is 77.8 Å². The molecule has 0 aromatic heterocycles. The lowest BCUT2D eigenvalue weighted by molar-refractivity contribution is 0.199. The molecule has 1 aromatic carbocycles. The van der Waals surface area contributed by atoms with Gasteiger partial charge in [-0.15, -0.1) is 11.8 Å². The Balaban J connectivity index is 3.05. The zero-order valence-electron chi connectivity index (χ0n) is 7.66. The lowest BCUT2D eigenvalue weighted by Crippen LogP contribution is -1.91. The Kier molecular flexibility index (Phi) is 3.18. The Morgan fingerprint density at radius 2 is 2.08 bits per heavy atom. The smallest absolute Gasteiger partial charge is 0.0762 e. The maximum atomic E-state index is 9.33. The van der Waals surface area contributed by atoms with Crippen molar-refractivity contribution in [3.05, 3.63) is 29.3 Å². The monoisotopic (exact) mass is 182 g/mol. The summed E-state index contributed by atoms with van der Waals surface area (Å²) in [4.78, 5) is 1.24.